The first-order valence-electron chi connectivity index (χ1n) is 4.59. The molecule has 0 saturated carbocycles. The van der Waals surface area contributed by atoms with Gasteiger partial charge >= 0.3 is 0 Å². The van der Waals surface area contributed by atoms with Gasteiger partial charge in [-0.25, -0.2) is 0 Å². The highest BCUT2D eigenvalue weighted by Crippen LogP contribution is 2.24. The van der Waals surface area contributed by atoms with Crippen molar-refractivity contribution >= 4 is 16.6 Å². The van der Waals surface area contributed by atoms with Crippen LogP contribution in [0.25, 0.3) is 10.8 Å². The van der Waals surface area contributed by atoms with Crippen LogP contribution in [0, 0.1) is 0 Å². The number of ether oxygens (including phenoxy) is 1. The van der Waals surface area contributed by atoms with Gasteiger partial charge in [0, 0.05) is 5.39 Å². The number of anilines is 1. The van der Waals surface area contributed by atoms with Gasteiger partial charge in [0.05, 0.1) is 6.61 Å². The van der Waals surface area contributed by atoms with Gasteiger partial charge in [0.1, 0.15) is 5.82 Å². The summed E-state index contributed by atoms with van der Waals surface area (Å²) < 4.78 is 5.41. The van der Waals surface area contributed by atoms with Crippen LogP contribution in [0.2, 0.25) is 0 Å². The van der Waals surface area contributed by atoms with Crippen LogP contribution in [0.4, 0.5) is 5.82 Å². The van der Waals surface area contributed by atoms with E-state index in [0.29, 0.717) is 18.3 Å². The number of nitrogens with two attached hydrogens (primary N) is 1. The number of fused-ring (bicyclic) bond motifs is 1. The number of nitrogens with zero attached hydrogens (tertiary/aromatic N) is 1. The summed E-state index contributed by atoms with van der Waals surface area (Å²) in [6, 6.07) is 9.75. The third-order valence-electron chi connectivity index (χ3n) is 2.01. The lowest BCUT2D eigenvalue weighted by molar-refractivity contribution is 0.332. The minimum Gasteiger partial charge on any atom is -0.477 e. The van der Waals surface area contributed by atoms with Crippen molar-refractivity contribution in [3.05, 3.63) is 30.3 Å². The summed E-state index contributed by atoms with van der Waals surface area (Å²) in [6.07, 6.45) is 0. The molecule has 1 aromatic heterocycles. The predicted octanol–water partition coefficient (Wildman–Crippen LogP) is 2.22. The molecule has 3 nitrogen and oxygen atoms in total. The summed E-state index contributed by atoms with van der Waals surface area (Å²) in [7, 11) is 0. The maximum atomic E-state index is 5.66. The fraction of sp³-hybridized carbons (Fsp3) is 0.182. The SMILES string of the molecule is CCOc1nc(N)cc2ccccc12. The number of pyridine rings is 1. The summed E-state index contributed by atoms with van der Waals surface area (Å²) in [6.45, 7) is 2.53. The van der Waals surface area contributed by atoms with Gasteiger partial charge in [0.15, 0.2) is 0 Å². The van der Waals surface area contributed by atoms with E-state index in [1.54, 1.807) is 0 Å². The third-order valence-corrected chi connectivity index (χ3v) is 2.01. The molecule has 0 saturated heterocycles. The lowest BCUT2D eigenvalue weighted by Crippen LogP contribution is -1.98. The Morgan fingerprint density at radius 2 is 2.14 bits per heavy atom. The highest BCUT2D eigenvalue weighted by Gasteiger charge is 2.03. The smallest absolute Gasteiger partial charge is 0.223 e. The molecule has 0 atom stereocenters. The normalized spacial score (nSPS) is 10.4. The maximum Gasteiger partial charge on any atom is 0.223 e. The molecule has 0 unspecified atom stereocenters. The van der Waals surface area contributed by atoms with E-state index < -0.39 is 0 Å². The van der Waals surface area contributed by atoms with Crippen LogP contribution >= 0.6 is 0 Å². The topological polar surface area (TPSA) is 48.1 Å². The summed E-state index contributed by atoms with van der Waals surface area (Å²) in [4.78, 5) is 4.15. The number of hydrogen-bond donors (Lipinski definition) is 1. The van der Waals surface area contributed by atoms with Gasteiger partial charge in [0.25, 0.3) is 0 Å². The van der Waals surface area contributed by atoms with Crippen LogP contribution in [-0.2, 0) is 0 Å². The van der Waals surface area contributed by atoms with E-state index in [2.05, 4.69) is 4.98 Å². The van der Waals surface area contributed by atoms with Crippen LogP contribution in [0.5, 0.6) is 5.88 Å². The molecule has 3 heteroatoms. The molecule has 2 N–H and O–H groups in total. The summed E-state index contributed by atoms with van der Waals surface area (Å²) >= 11 is 0. The molecule has 2 aromatic rings. The molecule has 0 fully saturated rings. The quantitative estimate of drug-likeness (QED) is 0.786. The zero-order valence-electron chi connectivity index (χ0n) is 8.03. The molecule has 0 aliphatic heterocycles. The summed E-state index contributed by atoms with van der Waals surface area (Å²) in [5.74, 6) is 1.11. The minimum atomic E-state index is 0.493. The molecule has 72 valence electrons. The first-order chi connectivity index (χ1) is 6.81. The molecular formula is C11H12N2O. The fourth-order valence-electron chi connectivity index (χ4n) is 1.43. The predicted molar refractivity (Wildman–Crippen MR) is 57.3 cm³/mol. The highest BCUT2D eigenvalue weighted by molar-refractivity contribution is 5.88. The highest BCUT2D eigenvalue weighted by atomic mass is 16.5. The Balaban J connectivity index is 2.67. The van der Waals surface area contributed by atoms with Gasteiger partial charge in [0.2, 0.25) is 5.88 Å². The van der Waals surface area contributed by atoms with E-state index in [1.165, 1.54) is 0 Å². The number of hydrogen-bond acceptors (Lipinski definition) is 3. The lowest BCUT2D eigenvalue weighted by atomic mass is 10.2. The van der Waals surface area contributed by atoms with E-state index in [4.69, 9.17) is 10.5 Å². The molecule has 0 aliphatic carbocycles. The molecule has 1 aromatic carbocycles. The van der Waals surface area contributed by atoms with Gasteiger partial charge in [-0.15, -0.1) is 0 Å². The largest absolute Gasteiger partial charge is 0.477 e. The van der Waals surface area contributed by atoms with Gasteiger partial charge in [-0.05, 0) is 24.4 Å². The maximum absolute atomic E-state index is 5.66. The molecule has 14 heavy (non-hydrogen) atoms. The Labute approximate surface area is 82.5 Å². The molecule has 2 rings (SSSR count). The average Bonchev–Trinajstić information content (AvgIpc) is 2.18. The van der Waals surface area contributed by atoms with Crippen LogP contribution in [0.15, 0.2) is 30.3 Å². The first kappa shape index (κ1) is 8.81. The Hall–Kier alpha value is -1.77. The zero-order valence-corrected chi connectivity index (χ0v) is 8.03. The van der Waals surface area contributed by atoms with Crippen molar-refractivity contribution < 1.29 is 4.74 Å². The molecule has 0 bridgehead atoms. The molecule has 0 spiro atoms. The van der Waals surface area contributed by atoms with Gasteiger partial charge in [-0.1, -0.05) is 18.2 Å². The third kappa shape index (κ3) is 1.48. The first-order valence-corrected chi connectivity index (χ1v) is 4.59. The number of rotatable bonds is 2. The van der Waals surface area contributed by atoms with Crippen molar-refractivity contribution in [3.8, 4) is 5.88 Å². The van der Waals surface area contributed by atoms with E-state index in [-0.39, 0.29) is 0 Å². The minimum absolute atomic E-state index is 0.493. The Kier molecular flexibility index (Phi) is 2.23. The van der Waals surface area contributed by atoms with Crippen molar-refractivity contribution in [2.45, 2.75) is 6.92 Å². The van der Waals surface area contributed by atoms with Gasteiger partial charge in [-0.3, -0.25) is 0 Å². The van der Waals surface area contributed by atoms with Gasteiger partial charge < -0.3 is 10.5 Å². The average molecular weight is 188 g/mol. The standard InChI is InChI=1S/C11H12N2O/c1-2-14-11-9-6-4-3-5-8(9)7-10(12)13-11/h3-7H,2H2,1H3,(H2,12,13). The van der Waals surface area contributed by atoms with Crippen LogP contribution in [-0.4, -0.2) is 11.6 Å². The van der Waals surface area contributed by atoms with Crippen molar-refractivity contribution in [1.82, 2.24) is 4.98 Å². The van der Waals surface area contributed by atoms with E-state index in [9.17, 15) is 0 Å². The van der Waals surface area contributed by atoms with E-state index >= 15 is 0 Å². The van der Waals surface area contributed by atoms with E-state index in [1.807, 2.05) is 37.3 Å². The van der Waals surface area contributed by atoms with Crippen molar-refractivity contribution in [2.24, 2.45) is 0 Å². The van der Waals surface area contributed by atoms with Crippen molar-refractivity contribution in [1.29, 1.82) is 0 Å². The number of benzene rings is 1. The lowest BCUT2D eigenvalue weighted by Gasteiger charge is -2.06. The second kappa shape index (κ2) is 3.54. The summed E-state index contributed by atoms with van der Waals surface area (Å²) in [5, 5.41) is 2.06. The second-order valence-corrected chi connectivity index (χ2v) is 3.01. The molecule has 0 aliphatic rings. The zero-order chi connectivity index (χ0) is 9.97. The molecule has 0 amide bonds. The van der Waals surface area contributed by atoms with Crippen LogP contribution in [0.3, 0.4) is 0 Å². The number of aromatic nitrogens is 1. The Morgan fingerprint density at radius 3 is 2.93 bits per heavy atom. The molecule has 0 radical (unpaired) electrons. The summed E-state index contributed by atoms with van der Waals surface area (Å²) in [5.41, 5.74) is 5.66. The van der Waals surface area contributed by atoms with Crippen LogP contribution < -0.4 is 10.5 Å². The monoisotopic (exact) mass is 188 g/mol. The van der Waals surface area contributed by atoms with Crippen LogP contribution in [0.1, 0.15) is 6.92 Å². The second-order valence-electron chi connectivity index (χ2n) is 3.01. The van der Waals surface area contributed by atoms with Gasteiger partial charge in [-0.2, -0.15) is 4.98 Å². The Bertz CT molecular complexity index is 454. The fourth-order valence-corrected chi connectivity index (χ4v) is 1.43. The van der Waals surface area contributed by atoms with Crippen molar-refractivity contribution in [2.75, 3.05) is 12.3 Å². The molecule has 1 heterocycles. The number of nitrogen functional groups attached to an aromatic ring is 1. The van der Waals surface area contributed by atoms with Crippen molar-refractivity contribution in [3.63, 3.8) is 0 Å². The Morgan fingerprint density at radius 1 is 1.36 bits per heavy atom. The molecular weight excluding hydrogens is 176 g/mol. The van der Waals surface area contributed by atoms with E-state index in [0.717, 1.165) is 10.8 Å².